The van der Waals surface area contributed by atoms with Crippen molar-refractivity contribution in [3.63, 3.8) is 0 Å². The van der Waals surface area contributed by atoms with Crippen LogP contribution in [0.25, 0.3) is 21.3 Å². The van der Waals surface area contributed by atoms with Crippen LogP contribution in [0.15, 0.2) is 60.5 Å². The molecule has 0 aliphatic carbocycles. The van der Waals surface area contributed by atoms with E-state index in [1.165, 1.54) is 27.6 Å². The van der Waals surface area contributed by atoms with Crippen LogP contribution >= 0.6 is 11.3 Å². The Bertz CT molecular complexity index is 1100. The van der Waals surface area contributed by atoms with Crippen molar-refractivity contribution < 1.29 is 4.90 Å². The number of benzene rings is 1. The van der Waals surface area contributed by atoms with Crippen LogP contribution in [0, 0.1) is 6.92 Å². The molecule has 6 heteroatoms. The number of hydrogen-bond donors (Lipinski definition) is 1. The molecular formula is C23H24N5S+. The minimum Gasteiger partial charge on any atom is -0.345 e. The molecule has 0 saturated carbocycles. The van der Waals surface area contributed by atoms with E-state index in [-0.39, 0.29) is 0 Å². The number of quaternary nitrogens is 1. The van der Waals surface area contributed by atoms with Gasteiger partial charge in [0.15, 0.2) is 0 Å². The first-order valence-corrected chi connectivity index (χ1v) is 10.9. The summed E-state index contributed by atoms with van der Waals surface area (Å²) in [4.78, 5) is 18.5. The van der Waals surface area contributed by atoms with Crippen LogP contribution < -0.4 is 9.80 Å². The molecule has 4 aromatic rings. The fraction of sp³-hybridized carbons (Fsp3) is 0.261. The lowest BCUT2D eigenvalue weighted by molar-refractivity contribution is -0.914. The van der Waals surface area contributed by atoms with Crippen LogP contribution in [0.1, 0.15) is 11.1 Å². The number of rotatable bonds is 4. The van der Waals surface area contributed by atoms with Gasteiger partial charge in [-0.25, -0.2) is 9.97 Å². The van der Waals surface area contributed by atoms with Crippen LogP contribution in [0.5, 0.6) is 0 Å². The molecule has 5 rings (SSSR count). The average molecular weight is 403 g/mol. The van der Waals surface area contributed by atoms with E-state index in [2.05, 4.69) is 63.6 Å². The molecule has 0 bridgehead atoms. The lowest BCUT2D eigenvalue weighted by Crippen LogP contribution is -3.13. The van der Waals surface area contributed by atoms with E-state index in [9.17, 15) is 0 Å². The van der Waals surface area contributed by atoms with Gasteiger partial charge in [0.1, 0.15) is 23.5 Å². The number of aromatic nitrogens is 3. The van der Waals surface area contributed by atoms with Crippen molar-refractivity contribution in [1.29, 1.82) is 0 Å². The normalized spacial score (nSPS) is 15.1. The van der Waals surface area contributed by atoms with Gasteiger partial charge in [0, 0.05) is 28.9 Å². The molecule has 1 aromatic carbocycles. The van der Waals surface area contributed by atoms with Crippen LogP contribution in [0.3, 0.4) is 0 Å². The Kier molecular flexibility index (Phi) is 4.96. The van der Waals surface area contributed by atoms with Gasteiger partial charge in [0.2, 0.25) is 0 Å². The standard InChI is InChI=1S/C23H23N5S/c1-17-2-4-19(5-3-17)20-15-29-23-21(20)22(25-16-26-23)28-12-10-27(11-13-28)14-18-6-8-24-9-7-18/h2-9,15-16H,10-14H2,1H3/p+1. The number of anilines is 1. The van der Waals surface area contributed by atoms with Crippen molar-refractivity contribution in [2.45, 2.75) is 13.5 Å². The number of aryl methyl sites for hydroxylation is 1. The van der Waals surface area contributed by atoms with Gasteiger partial charge in [-0.15, -0.1) is 11.3 Å². The SMILES string of the molecule is Cc1ccc(-c2csc3ncnc(N4CC[NH+](Cc5ccncc5)CC4)c23)cc1. The van der Waals surface area contributed by atoms with Crippen LogP contribution in [-0.2, 0) is 6.54 Å². The molecule has 146 valence electrons. The van der Waals surface area contributed by atoms with Crippen molar-refractivity contribution in [3.8, 4) is 11.1 Å². The summed E-state index contributed by atoms with van der Waals surface area (Å²) in [5, 5.41) is 3.41. The Morgan fingerprint density at radius 1 is 1.00 bits per heavy atom. The number of piperazine rings is 1. The van der Waals surface area contributed by atoms with E-state index in [1.54, 1.807) is 22.6 Å². The second-order valence-corrected chi connectivity index (χ2v) is 8.52. The molecule has 5 nitrogen and oxygen atoms in total. The van der Waals surface area contributed by atoms with Crippen molar-refractivity contribution in [2.24, 2.45) is 0 Å². The number of thiophene rings is 1. The Balaban J connectivity index is 1.39. The largest absolute Gasteiger partial charge is 0.345 e. The molecule has 1 N–H and O–H groups in total. The van der Waals surface area contributed by atoms with Gasteiger partial charge in [-0.05, 0) is 24.6 Å². The van der Waals surface area contributed by atoms with E-state index in [4.69, 9.17) is 4.98 Å². The zero-order chi connectivity index (χ0) is 19.6. The number of fused-ring (bicyclic) bond motifs is 1. The predicted octanol–water partition coefficient (Wildman–Crippen LogP) is 2.97. The molecule has 4 heterocycles. The van der Waals surface area contributed by atoms with Gasteiger partial charge in [-0.3, -0.25) is 4.98 Å². The minimum absolute atomic E-state index is 1.01. The van der Waals surface area contributed by atoms with Crippen LogP contribution in [0.2, 0.25) is 0 Å². The Labute approximate surface area is 174 Å². The van der Waals surface area contributed by atoms with Crippen molar-refractivity contribution >= 4 is 27.4 Å². The topological polar surface area (TPSA) is 46.4 Å². The van der Waals surface area contributed by atoms with Crippen molar-refractivity contribution in [3.05, 3.63) is 71.6 Å². The summed E-state index contributed by atoms with van der Waals surface area (Å²) >= 11 is 1.70. The second-order valence-electron chi connectivity index (χ2n) is 7.66. The van der Waals surface area contributed by atoms with Crippen LogP contribution in [-0.4, -0.2) is 41.1 Å². The Morgan fingerprint density at radius 3 is 2.52 bits per heavy atom. The zero-order valence-electron chi connectivity index (χ0n) is 16.5. The molecule has 0 amide bonds. The summed E-state index contributed by atoms with van der Waals surface area (Å²) in [5.74, 6) is 1.08. The number of hydrogen-bond acceptors (Lipinski definition) is 5. The molecule has 0 atom stereocenters. The molecule has 0 radical (unpaired) electrons. The average Bonchev–Trinajstić information content (AvgIpc) is 3.20. The summed E-state index contributed by atoms with van der Waals surface area (Å²) < 4.78 is 0. The van der Waals surface area contributed by atoms with Crippen molar-refractivity contribution in [1.82, 2.24) is 15.0 Å². The van der Waals surface area contributed by atoms with Gasteiger partial charge < -0.3 is 9.80 Å². The molecule has 29 heavy (non-hydrogen) atoms. The van der Waals surface area contributed by atoms with Gasteiger partial charge in [0.05, 0.1) is 31.6 Å². The van der Waals surface area contributed by atoms with E-state index in [0.717, 1.165) is 43.4 Å². The van der Waals surface area contributed by atoms with E-state index >= 15 is 0 Å². The van der Waals surface area contributed by atoms with Gasteiger partial charge in [0.25, 0.3) is 0 Å². The van der Waals surface area contributed by atoms with Gasteiger partial charge in [-0.2, -0.15) is 0 Å². The first kappa shape index (κ1) is 18.2. The lowest BCUT2D eigenvalue weighted by Gasteiger charge is -2.33. The summed E-state index contributed by atoms with van der Waals surface area (Å²) in [6.45, 7) is 7.42. The molecular weight excluding hydrogens is 378 g/mol. The highest BCUT2D eigenvalue weighted by atomic mass is 32.1. The number of pyridine rings is 1. The summed E-state index contributed by atoms with van der Waals surface area (Å²) in [6, 6.07) is 13.0. The molecule has 1 aliphatic heterocycles. The minimum atomic E-state index is 1.01. The maximum Gasteiger partial charge on any atom is 0.141 e. The summed E-state index contributed by atoms with van der Waals surface area (Å²) in [6.07, 6.45) is 5.47. The lowest BCUT2D eigenvalue weighted by atomic mass is 10.0. The molecule has 0 unspecified atom stereocenters. The Morgan fingerprint density at radius 2 is 1.76 bits per heavy atom. The van der Waals surface area contributed by atoms with Crippen LogP contribution in [0.4, 0.5) is 5.82 Å². The highest BCUT2D eigenvalue weighted by Crippen LogP contribution is 2.37. The monoisotopic (exact) mass is 402 g/mol. The van der Waals surface area contributed by atoms with E-state index in [0.29, 0.717) is 0 Å². The first-order chi connectivity index (χ1) is 14.3. The third kappa shape index (κ3) is 3.73. The zero-order valence-corrected chi connectivity index (χ0v) is 17.3. The number of nitrogens with one attached hydrogen (secondary N) is 1. The van der Waals surface area contributed by atoms with Gasteiger partial charge >= 0.3 is 0 Å². The maximum absolute atomic E-state index is 4.72. The highest BCUT2D eigenvalue weighted by molar-refractivity contribution is 7.17. The predicted molar refractivity (Wildman–Crippen MR) is 118 cm³/mol. The second kappa shape index (κ2) is 7.89. The fourth-order valence-corrected chi connectivity index (χ4v) is 4.96. The number of nitrogens with zero attached hydrogens (tertiary/aromatic N) is 4. The first-order valence-electron chi connectivity index (χ1n) is 10.0. The van der Waals surface area contributed by atoms with Gasteiger partial charge in [-0.1, -0.05) is 29.8 Å². The summed E-state index contributed by atoms with van der Waals surface area (Å²) in [7, 11) is 0. The fourth-order valence-electron chi connectivity index (χ4n) is 4.05. The quantitative estimate of drug-likeness (QED) is 0.570. The Hall–Kier alpha value is -2.83. The molecule has 1 aliphatic rings. The summed E-state index contributed by atoms with van der Waals surface area (Å²) in [5.41, 5.74) is 5.11. The molecule has 1 fully saturated rings. The molecule has 3 aromatic heterocycles. The molecule has 0 spiro atoms. The van der Waals surface area contributed by atoms with E-state index < -0.39 is 0 Å². The molecule has 1 saturated heterocycles. The van der Waals surface area contributed by atoms with Crippen molar-refractivity contribution in [2.75, 3.05) is 31.1 Å². The maximum atomic E-state index is 4.72. The smallest absolute Gasteiger partial charge is 0.141 e. The highest BCUT2D eigenvalue weighted by Gasteiger charge is 2.24. The van der Waals surface area contributed by atoms with E-state index in [1.807, 2.05) is 12.4 Å². The third-order valence-electron chi connectivity index (χ3n) is 5.69. The third-order valence-corrected chi connectivity index (χ3v) is 6.57.